The van der Waals surface area contributed by atoms with Crippen LogP contribution in [0.3, 0.4) is 0 Å². The topological polar surface area (TPSA) is 64.4 Å². The molecule has 6 heteroatoms. The molecule has 5 nitrogen and oxygen atoms in total. The molecule has 2 rings (SSSR count). The highest BCUT2D eigenvalue weighted by Gasteiger charge is 2.13. The Kier molecular flexibility index (Phi) is 4.41. The largest absolute Gasteiger partial charge is 0.461 e. The summed E-state index contributed by atoms with van der Waals surface area (Å²) in [5.41, 5.74) is 2.12. The SMILES string of the molecule is CCOC(=O)c1coc(Nc2cc(I)ccc2C)n1. The van der Waals surface area contributed by atoms with Crippen LogP contribution in [0, 0.1) is 10.5 Å². The Bertz CT molecular complexity index is 595. The molecule has 0 atom stereocenters. The number of aryl methyl sites for hydroxylation is 1. The lowest BCUT2D eigenvalue weighted by molar-refractivity contribution is 0.0519. The Labute approximate surface area is 124 Å². The third-order valence-corrected chi connectivity index (χ3v) is 3.10. The highest BCUT2D eigenvalue weighted by molar-refractivity contribution is 14.1. The molecule has 1 heterocycles. The van der Waals surface area contributed by atoms with Gasteiger partial charge >= 0.3 is 5.97 Å². The Morgan fingerprint density at radius 3 is 3.05 bits per heavy atom. The van der Waals surface area contributed by atoms with Gasteiger partial charge in [-0.15, -0.1) is 0 Å². The summed E-state index contributed by atoms with van der Waals surface area (Å²) < 4.78 is 11.1. The molecule has 19 heavy (non-hydrogen) atoms. The molecule has 1 N–H and O–H groups in total. The number of rotatable bonds is 4. The second-order valence-electron chi connectivity index (χ2n) is 3.84. The van der Waals surface area contributed by atoms with Crippen LogP contribution in [0.2, 0.25) is 0 Å². The lowest BCUT2D eigenvalue weighted by Gasteiger charge is -2.05. The van der Waals surface area contributed by atoms with E-state index >= 15 is 0 Å². The maximum absolute atomic E-state index is 11.5. The molecule has 0 aliphatic heterocycles. The van der Waals surface area contributed by atoms with E-state index in [0.29, 0.717) is 6.61 Å². The minimum absolute atomic E-state index is 0.160. The zero-order valence-electron chi connectivity index (χ0n) is 10.6. The van der Waals surface area contributed by atoms with E-state index < -0.39 is 5.97 Å². The fourth-order valence-corrected chi connectivity index (χ4v) is 1.97. The lowest BCUT2D eigenvalue weighted by atomic mass is 10.2. The van der Waals surface area contributed by atoms with Crippen LogP contribution in [0.1, 0.15) is 23.0 Å². The predicted octanol–water partition coefficient (Wildman–Crippen LogP) is 3.51. The van der Waals surface area contributed by atoms with Crippen LogP contribution in [0.4, 0.5) is 11.7 Å². The molecule has 0 amide bonds. The van der Waals surface area contributed by atoms with Crippen molar-refractivity contribution in [3.63, 3.8) is 0 Å². The number of benzene rings is 1. The van der Waals surface area contributed by atoms with E-state index in [4.69, 9.17) is 9.15 Å². The number of ether oxygens (including phenoxy) is 1. The highest BCUT2D eigenvalue weighted by Crippen LogP contribution is 2.22. The standard InChI is InChI=1S/C13H13IN2O3/c1-3-18-12(17)11-7-19-13(16-11)15-10-6-9(14)5-4-8(10)2/h4-7H,3H2,1-2H3,(H,15,16). The van der Waals surface area contributed by atoms with Gasteiger partial charge in [-0.25, -0.2) is 4.79 Å². The monoisotopic (exact) mass is 372 g/mol. The van der Waals surface area contributed by atoms with E-state index in [1.54, 1.807) is 6.92 Å². The molecule has 0 bridgehead atoms. The summed E-state index contributed by atoms with van der Waals surface area (Å²) in [7, 11) is 0. The number of nitrogens with one attached hydrogen (secondary N) is 1. The molecular weight excluding hydrogens is 359 g/mol. The molecule has 1 aromatic heterocycles. The first-order valence-corrected chi connectivity index (χ1v) is 6.84. The van der Waals surface area contributed by atoms with Crippen molar-refractivity contribution >= 4 is 40.3 Å². The molecule has 0 unspecified atom stereocenters. The fourth-order valence-electron chi connectivity index (χ4n) is 1.47. The van der Waals surface area contributed by atoms with Crippen molar-refractivity contribution in [3.8, 4) is 0 Å². The lowest BCUT2D eigenvalue weighted by Crippen LogP contribution is -2.05. The zero-order valence-corrected chi connectivity index (χ0v) is 12.7. The number of carbonyl (C=O) groups excluding carboxylic acids is 1. The maximum Gasteiger partial charge on any atom is 0.360 e. The molecule has 0 spiro atoms. The first-order valence-electron chi connectivity index (χ1n) is 5.76. The summed E-state index contributed by atoms with van der Waals surface area (Å²) in [5.74, 6) is -0.487. The van der Waals surface area contributed by atoms with Gasteiger partial charge in [0, 0.05) is 9.26 Å². The average Bonchev–Trinajstić information content (AvgIpc) is 2.83. The minimum atomic E-state index is -0.487. The van der Waals surface area contributed by atoms with Crippen molar-refractivity contribution < 1.29 is 13.9 Å². The number of aromatic nitrogens is 1. The van der Waals surface area contributed by atoms with Crippen LogP contribution in [0.25, 0.3) is 0 Å². The Morgan fingerprint density at radius 1 is 1.53 bits per heavy atom. The summed E-state index contributed by atoms with van der Waals surface area (Å²) in [6.07, 6.45) is 1.28. The Balaban J connectivity index is 2.15. The van der Waals surface area contributed by atoms with Gasteiger partial charge in [0.2, 0.25) is 0 Å². The van der Waals surface area contributed by atoms with E-state index in [-0.39, 0.29) is 11.7 Å². The van der Waals surface area contributed by atoms with Crippen molar-refractivity contribution in [1.29, 1.82) is 0 Å². The number of esters is 1. The molecule has 0 fully saturated rings. The first-order chi connectivity index (χ1) is 9.10. The smallest absolute Gasteiger partial charge is 0.360 e. The molecule has 0 aliphatic rings. The summed E-state index contributed by atoms with van der Waals surface area (Å²) >= 11 is 2.23. The van der Waals surface area contributed by atoms with Crippen LogP contribution in [-0.2, 0) is 4.74 Å². The van der Waals surface area contributed by atoms with Gasteiger partial charge < -0.3 is 14.5 Å². The van der Waals surface area contributed by atoms with Gasteiger partial charge in [0.1, 0.15) is 6.26 Å². The third-order valence-electron chi connectivity index (χ3n) is 2.43. The predicted molar refractivity (Wildman–Crippen MR) is 79.6 cm³/mol. The maximum atomic E-state index is 11.5. The van der Waals surface area contributed by atoms with Crippen LogP contribution in [0.15, 0.2) is 28.9 Å². The Morgan fingerprint density at radius 2 is 2.32 bits per heavy atom. The number of hydrogen-bond acceptors (Lipinski definition) is 5. The van der Waals surface area contributed by atoms with Crippen LogP contribution >= 0.6 is 22.6 Å². The van der Waals surface area contributed by atoms with Crippen molar-refractivity contribution in [2.45, 2.75) is 13.8 Å². The van der Waals surface area contributed by atoms with Crippen LogP contribution in [-0.4, -0.2) is 17.6 Å². The quantitative estimate of drug-likeness (QED) is 0.658. The van der Waals surface area contributed by atoms with Gasteiger partial charge in [0.25, 0.3) is 6.01 Å². The third kappa shape index (κ3) is 3.46. The van der Waals surface area contributed by atoms with Gasteiger partial charge in [0.05, 0.1) is 6.61 Å². The molecular formula is C13H13IN2O3. The summed E-state index contributed by atoms with van der Waals surface area (Å²) in [6.45, 7) is 4.03. The fraction of sp³-hybridized carbons (Fsp3) is 0.231. The second kappa shape index (κ2) is 6.05. The average molecular weight is 372 g/mol. The van der Waals surface area contributed by atoms with E-state index in [9.17, 15) is 4.79 Å². The number of hydrogen-bond donors (Lipinski definition) is 1. The van der Waals surface area contributed by atoms with E-state index in [2.05, 4.69) is 32.9 Å². The van der Waals surface area contributed by atoms with E-state index in [1.807, 2.05) is 25.1 Å². The number of anilines is 2. The van der Waals surface area contributed by atoms with Crippen LogP contribution < -0.4 is 5.32 Å². The van der Waals surface area contributed by atoms with Gasteiger partial charge in [-0.2, -0.15) is 4.98 Å². The molecule has 0 saturated carbocycles. The van der Waals surface area contributed by atoms with Crippen molar-refractivity contribution in [1.82, 2.24) is 4.98 Å². The van der Waals surface area contributed by atoms with Crippen molar-refractivity contribution in [3.05, 3.63) is 39.3 Å². The van der Waals surface area contributed by atoms with Gasteiger partial charge in [-0.3, -0.25) is 0 Å². The summed E-state index contributed by atoms with van der Waals surface area (Å²) in [4.78, 5) is 15.5. The van der Waals surface area contributed by atoms with E-state index in [0.717, 1.165) is 14.8 Å². The first kappa shape index (κ1) is 13.9. The number of nitrogens with zero attached hydrogens (tertiary/aromatic N) is 1. The molecule has 2 aromatic rings. The van der Waals surface area contributed by atoms with Gasteiger partial charge in [-0.1, -0.05) is 6.07 Å². The van der Waals surface area contributed by atoms with E-state index in [1.165, 1.54) is 6.26 Å². The van der Waals surface area contributed by atoms with Crippen molar-refractivity contribution in [2.75, 3.05) is 11.9 Å². The highest BCUT2D eigenvalue weighted by atomic mass is 127. The zero-order chi connectivity index (χ0) is 13.8. The molecule has 100 valence electrons. The summed E-state index contributed by atoms with van der Waals surface area (Å²) in [5, 5.41) is 3.04. The molecule has 0 saturated heterocycles. The second-order valence-corrected chi connectivity index (χ2v) is 5.09. The Hall–Kier alpha value is -1.57. The number of halogens is 1. The normalized spacial score (nSPS) is 10.3. The van der Waals surface area contributed by atoms with Crippen molar-refractivity contribution in [2.24, 2.45) is 0 Å². The minimum Gasteiger partial charge on any atom is -0.461 e. The molecule has 0 radical (unpaired) electrons. The number of oxazole rings is 1. The van der Waals surface area contributed by atoms with Crippen LogP contribution in [0.5, 0.6) is 0 Å². The molecule has 1 aromatic carbocycles. The molecule has 0 aliphatic carbocycles. The van der Waals surface area contributed by atoms with Gasteiger partial charge in [0.15, 0.2) is 5.69 Å². The summed E-state index contributed by atoms with van der Waals surface area (Å²) in [6, 6.07) is 6.26. The van der Waals surface area contributed by atoms with Gasteiger partial charge in [-0.05, 0) is 54.1 Å². The number of carbonyl (C=O) groups is 1.